The SMILES string of the molecule is C.C.C.CC=CC=CC=CC=CNC. The zero-order valence-corrected chi connectivity index (χ0v) is 7.12. The highest BCUT2D eigenvalue weighted by molar-refractivity contribution is 5.14. The third-order valence-corrected chi connectivity index (χ3v) is 1.01. The predicted octanol–water partition coefficient (Wildman–Crippen LogP) is 4.32. The average molecular weight is 197 g/mol. The van der Waals surface area contributed by atoms with Gasteiger partial charge in [0.2, 0.25) is 0 Å². The van der Waals surface area contributed by atoms with E-state index in [1.54, 1.807) is 0 Å². The Hall–Kier alpha value is -1.24. The maximum absolute atomic E-state index is 2.90. The summed E-state index contributed by atoms with van der Waals surface area (Å²) in [5.41, 5.74) is 0. The fourth-order valence-electron chi connectivity index (χ4n) is 0.519. The summed E-state index contributed by atoms with van der Waals surface area (Å²) < 4.78 is 0. The maximum atomic E-state index is 2.90. The topological polar surface area (TPSA) is 12.0 Å². The molecule has 0 saturated carbocycles. The van der Waals surface area contributed by atoms with Gasteiger partial charge in [-0.15, -0.1) is 0 Å². The minimum atomic E-state index is 0. The minimum Gasteiger partial charge on any atom is -0.394 e. The molecular weight excluding hydrogens is 170 g/mol. The molecule has 0 fully saturated rings. The summed E-state index contributed by atoms with van der Waals surface area (Å²) in [4.78, 5) is 0. The number of hydrogen-bond acceptors (Lipinski definition) is 1. The van der Waals surface area contributed by atoms with Crippen LogP contribution in [0.3, 0.4) is 0 Å². The van der Waals surface area contributed by atoms with Crippen LogP contribution in [0.2, 0.25) is 0 Å². The van der Waals surface area contributed by atoms with Gasteiger partial charge in [-0.2, -0.15) is 0 Å². The van der Waals surface area contributed by atoms with Gasteiger partial charge >= 0.3 is 0 Å². The van der Waals surface area contributed by atoms with Crippen molar-refractivity contribution < 1.29 is 0 Å². The van der Waals surface area contributed by atoms with E-state index >= 15 is 0 Å². The lowest BCUT2D eigenvalue weighted by Gasteiger charge is -1.78. The summed E-state index contributed by atoms with van der Waals surface area (Å²) in [6.45, 7) is 2.00. The highest BCUT2D eigenvalue weighted by Gasteiger charge is 1.60. The van der Waals surface area contributed by atoms with Crippen LogP contribution in [0.1, 0.15) is 29.2 Å². The summed E-state index contributed by atoms with van der Waals surface area (Å²) in [6.07, 6.45) is 15.7. The highest BCUT2D eigenvalue weighted by atomic mass is 14.8. The van der Waals surface area contributed by atoms with Crippen molar-refractivity contribution in [2.75, 3.05) is 7.05 Å². The fraction of sp³-hybridized carbons (Fsp3) is 0.385. The molecule has 0 atom stereocenters. The minimum absolute atomic E-state index is 0. The molecule has 1 heteroatoms. The fourth-order valence-corrected chi connectivity index (χ4v) is 0.519. The number of hydrogen-bond donors (Lipinski definition) is 1. The second-order valence-electron chi connectivity index (χ2n) is 1.94. The molecule has 1 N–H and O–H groups in total. The van der Waals surface area contributed by atoms with Gasteiger partial charge in [-0.1, -0.05) is 58.7 Å². The number of allylic oxidation sites excluding steroid dienone is 7. The van der Waals surface area contributed by atoms with Gasteiger partial charge in [0.25, 0.3) is 0 Å². The van der Waals surface area contributed by atoms with E-state index in [9.17, 15) is 0 Å². The van der Waals surface area contributed by atoms with Crippen molar-refractivity contribution in [1.29, 1.82) is 0 Å². The first-order chi connectivity index (χ1) is 5.41. The Morgan fingerprint density at radius 3 is 1.57 bits per heavy atom. The van der Waals surface area contributed by atoms with Crippen molar-refractivity contribution in [2.45, 2.75) is 29.2 Å². The Bertz CT molecular complexity index is 174. The van der Waals surface area contributed by atoms with Gasteiger partial charge in [-0.3, -0.25) is 0 Å². The zero-order chi connectivity index (χ0) is 8.36. The van der Waals surface area contributed by atoms with E-state index in [1.807, 2.05) is 62.7 Å². The van der Waals surface area contributed by atoms with Crippen LogP contribution in [0, 0.1) is 0 Å². The molecule has 84 valence electrons. The van der Waals surface area contributed by atoms with Gasteiger partial charge < -0.3 is 5.32 Å². The third-order valence-electron chi connectivity index (χ3n) is 1.01. The van der Waals surface area contributed by atoms with Crippen LogP contribution >= 0.6 is 0 Å². The van der Waals surface area contributed by atoms with Gasteiger partial charge in [0, 0.05) is 7.05 Å². The van der Waals surface area contributed by atoms with Crippen LogP contribution < -0.4 is 5.32 Å². The van der Waals surface area contributed by atoms with Crippen LogP contribution in [0.15, 0.2) is 48.7 Å². The van der Waals surface area contributed by atoms with Crippen molar-refractivity contribution in [3.63, 3.8) is 0 Å². The highest BCUT2D eigenvalue weighted by Crippen LogP contribution is 1.80. The van der Waals surface area contributed by atoms with E-state index in [4.69, 9.17) is 0 Å². The van der Waals surface area contributed by atoms with Gasteiger partial charge in [0.15, 0.2) is 0 Å². The van der Waals surface area contributed by atoms with Gasteiger partial charge in [-0.05, 0) is 19.2 Å². The Kier molecular flexibility index (Phi) is 37.1. The van der Waals surface area contributed by atoms with Crippen LogP contribution in [0.25, 0.3) is 0 Å². The average Bonchev–Trinajstić information content (AvgIpc) is 2.03. The summed E-state index contributed by atoms with van der Waals surface area (Å²) in [5.74, 6) is 0. The molecule has 0 rings (SSSR count). The molecule has 14 heavy (non-hydrogen) atoms. The summed E-state index contributed by atoms with van der Waals surface area (Å²) in [5, 5.41) is 2.90. The van der Waals surface area contributed by atoms with Crippen LogP contribution in [-0.2, 0) is 0 Å². The lowest BCUT2D eigenvalue weighted by Crippen LogP contribution is -1.89. The van der Waals surface area contributed by atoms with Gasteiger partial charge in [0.05, 0.1) is 0 Å². The maximum Gasteiger partial charge on any atom is 0.00277 e. The molecule has 0 aliphatic heterocycles. The molecule has 0 aromatic heterocycles. The predicted molar refractivity (Wildman–Crippen MR) is 71.5 cm³/mol. The van der Waals surface area contributed by atoms with E-state index < -0.39 is 0 Å². The molecule has 0 aromatic carbocycles. The van der Waals surface area contributed by atoms with Crippen molar-refractivity contribution >= 4 is 0 Å². The molecule has 1 nitrogen and oxygen atoms in total. The molecule has 0 aromatic rings. The Morgan fingerprint density at radius 2 is 1.14 bits per heavy atom. The molecular formula is C13H27N. The smallest absolute Gasteiger partial charge is 0.00277 e. The lowest BCUT2D eigenvalue weighted by atomic mass is 10.4. The molecule has 0 bridgehead atoms. The van der Waals surface area contributed by atoms with Crippen LogP contribution in [0.5, 0.6) is 0 Å². The molecule has 0 aliphatic carbocycles. The Morgan fingerprint density at radius 1 is 0.714 bits per heavy atom. The summed E-state index contributed by atoms with van der Waals surface area (Å²) in [7, 11) is 1.88. The van der Waals surface area contributed by atoms with E-state index in [1.165, 1.54) is 0 Å². The normalized spacial score (nSPS) is 10.1. The molecule has 0 saturated heterocycles. The van der Waals surface area contributed by atoms with Crippen molar-refractivity contribution in [2.24, 2.45) is 0 Å². The van der Waals surface area contributed by atoms with Gasteiger partial charge in [0.1, 0.15) is 0 Å². The van der Waals surface area contributed by atoms with E-state index in [2.05, 4.69) is 5.32 Å². The zero-order valence-electron chi connectivity index (χ0n) is 7.12. The summed E-state index contributed by atoms with van der Waals surface area (Å²) >= 11 is 0. The first-order valence-electron chi connectivity index (χ1n) is 3.70. The number of nitrogens with one attached hydrogen (secondary N) is 1. The van der Waals surface area contributed by atoms with E-state index in [0.717, 1.165) is 0 Å². The third kappa shape index (κ3) is 22.4. The largest absolute Gasteiger partial charge is 0.394 e. The summed E-state index contributed by atoms with van der Waals surface area (Å²) in [6, 6.07) is 0. The van der Waals surface area contributed by atoms with Crippen molar-refractivity contribution in [3.05, 3.63) is 48.7 Å². The second kappa shape index (κ2) is 22.6. The first-order valence-corrected chi connectivity index (χ1v) is 3.70. The van der Waals surface area contributed by atoms with Crippen LogP contribution in [0.4, 0.5) is 0 Å². The first kappa shape index (κ1) is 23.0. The molecule has 0 unspecified atom stereocenters. The second-order valence-corrected chi connectivity index (χ2v) is 1.94. The van der Waals surface area contributed by atoms with Crippen LogP contribution in [-0.4, -0.2) is 7.05 Å². The lowest BCUT2D eigenvalue weighted by molar-refractivity contribution is 1.10. The monoisotopic (exact) mass is 197 g/mol. The molecule has 0 spiro atoms. The van der Waals surface area contributed by atoms with Gasteiger partial charge in [-0.25, -0.2) is 0 Å². The Labute approximate surface area is 90.9 Å². The standard InChI is InChI=1S/C10H15N.3CH4/c1-3-4-5-6-7-8-9-10-11-2;;;/h3-11H,1-2H3;3*1H4. The molecule has 0 amide bonds. The Balaban J connectivity index is -0.000000167. The number of rotatable bonds is 4. The van der Waals surface area contributed by atoms with Crippen molar-refractivity contribution in [1.82, 2.24) is 5.32 Å². The molecule has 0 heterocycles. The molecule has 0 aliphatic rings. The van der Waals surface area contributed by atoms with E-state index in [0.29, 0.717) is 0 Å². The quantitative estimate of drug-likeness (QED) is 0.662. The van der Waals surface area contributed by atoms with Crippen molar-refractivity contribution in [3.8, 4) is 0 Å². The van der Waals surface area contributed by atoms with E-state index in [-0.39, 0.29) is 22.3 Å². The molecule has 0 radical (unpaired) electrons.